The zero-order chi connectivity index (χ0) is 22.2. The van der Waals surface area contributed by atoms with Crippen molar-refractivity contribution in [1.82, 2.24) is 14.5 Å². The van der Waals surface area contributed by atoms with E-state index in [1.807, 2.05) is 55.5 Å². The van der Waals surface area contributed by atoms with Crippen molar-refractivity contribution in [1.29, 1.82) is 0 Å². The lowest BCUT2D eigenvalue weighted by molar-refractivity contribution is -0.116. The second-order valence-corrected chi connectivity index (χ2v) is 8.82. The second kappa shape index (κ2) is 8.18. The van der Waals surface area contributed by atoms with Crippen LogP contribution in [0.15, 0.2) is 71.8 Å². The lowest BCUT2D eigenvalue weighted by Crippen LogP contribution is -2.27. The summed E-state index contributed by atoms with van der Waals surface area (Å²) in [6.07, 6.45) is 1.41. The maximum atomic E-state index is 13.1. The third kappa shape index (κ3) is 3.77. The summed E-state index contributed by atoms with van der Waals surface area (Å²) in [5, 5.41) is 4.16. The Hall–Kier alpha value is -3.55. The van der Waals surface area contributed by atoms with E-state index >= 15 is 0 Å². The van der Waals surface area contributed by atoms with Crippen LogP contribution in [0.1, 0.15) is 5.56 Å². The van der Waals surface area contributed by atoms with Crippen molar-refractivity contribution >= 4 is 55.0 Å². The largest absolute Gasteiger partial charge is 0.324 e. The summed E-state index contributed by atoms with van der Waals surface area (Å²) in [5.41, 5.74) is 3.67. The fraction of sp³-hybridized carbons (Fsp3) is 0.0833. The summed E-state index contributed by atoms with van der Waals surface area (Å²) in [7, 11) is 0. The van der Waals surface area contributed by atoms with Crippen molar-refractivity contribution in [2.75, 3.05) is 5.32 Å². The van der Waals surface area contributed by atoms with Crippen LogP contribution in [-0.2, 0) is 11.3 Å². The summed E-state index contributed by atoms with van der Waals surface area (Å²) < 4.78 is 1.79. The number of anilines is 1. The zero-order valence-electron chi connectivity index (χ0n) is 17.0. The molecule has 1 amide bonds. The van der Waals surface area contributed by atoms with Crippen LogP contribution in [0.4, 0.5) is 5.69 Å². The molecule has 0 bridgehead atoms. The number of amides is 1. The highest BCUT2D eigenvalue weighted by atomic mass is 35.5. The monoisotopic (exact) mass is 460 g/mol. The fourth-order valence-electron chi connectivity index (χ4n) is 3.50. The molecular weight excluding hydrogens is 444 g/mol. The third-order valence-electron chi connectivity index (χ3n) is 5.17. The van der Waals surface area contributed by atoms with Gasteiger partial charge in [-0.25, -0.2) is 9.97 Å². The van der Waals surface area contributed by atoms with Crippen LogP contribution in [-0.4, -0.2) is 20.4 Å². The molecule has 5 rings (SSSR count). The Labute approximate surface area is 192 Å². The van der Waals surface area contributed by atoms with Gasteiger partial charge in [0.15, 0.2) is 0 Å². The van der Waals surface area contributed by atoms with Crippen LogP contribution < -0.4 is 10.9 Å². The average Bonchev–Trinajstić information content (AvgIpc) is 3.17. The van der Waals surface area contributed by atoms with Crippen molar-refractivity contribution in [2.45, 2.75) is 13.5 Å². The predicted octanol–water partition coefficient (Wildman–Crippen LogP) is 5.27. The van der Waals surface area contributed by atoms with Gasteiger partial charge in [0.2, 0.25) is 5.91 Å². The summed E-state index contributed by atoms with van der Waals surface area (Å²) in [6.45, 7) is 1.73. The summed E-state index contributed by atoms with van der Waals surface area (Å²) in [6, 6.07) is 19.0. The highest BCUT2D eigenvalue weighted by Gasteiger charge is 2.15. The number of carbonyl (C=O) groups is 1. The number of halogens is 1. The van der Waals surface area contributed by atoms with E-state index in [0.717, 1.165) is 27.0 Å². The molecule has 3 aromatic heterocycles. The smallest absolute Gasteiger partial charge is 0.271 e. The molecule has 0 aliphatic carbocycles. The van der Waals surface area contributed by atoms with E-state index in [1.165, 1.54) is 22.2 Å². The number of nitrogens with one attached hydrogen (secondary N) is 1. The van der Waals surface area contributed by atoms with Gasteiger partial charge in [0.25, 0.3) is 5.56 Å². The molecule has 0 spiro atoms. The molecule has 158 valence electrons. The molecule has 0 atom stereocenters. The van der Waals surface area contributed by atoms with Gasteiger partial charge in [0.05, 0.1) is 17.5 Å². The van der Waals surface area contributed by atoms with Crippen molar-refractivity contribution in [2.24, 2.45) is 0 Å². The first-order chi connectivity index (χ1) is 15.5. The van der Waals surface area contributed by atoms with E-state index in [4.69, 9.17) is 16.6 Å². The van der Waals surface area contributed by atoms with Crippen molar-refractivity contribution in [3.8, 4) is 11.3 Å². The van der Waals surface area contributed by atoms with E-state index in [0.29, 0.717) is 20.9 Å². The normalized spacial score (nSPS) is 11.2. The molecule has 1 N–H and O–H groups in total. The summed E-state index contributed by atoms with van der Waals surface area (Å²) >= 11 is 7.31. The average molecular weight is 461 g/mol. The van der Waals surface area contributed by atoms with Crippen LogP contribution in [0.25, 0.3) is 31.7 Å². The van der Waals surface area contributed by atoms with Gasteiger partial charge in [-0.05, 0) is 36.8 Å². The predicted molar refractivity (Wildman–Crippen MR) is 129 cm³/mol. The maximum absolute atomic E-state index is 13.1. The van der Waals surface area contributed by atoms with Gasteiger partial charge >= 0.3 is 0 Å². The van der Waals surface area contributed by atoms with Crippen molar-refractivity contribution < 1.29 is 4.79 Å². The quantitative estimate of drug-likeness (QED) is 0.396. The third-order valence-corrected chi connectivity index (χ3v) is 6.48. The standard InChI is InChI=1S/C24H17ClN4O2S/c1-14-7-8-16(25)11-19(14)27-20(30)12-29-13-26-21-17-9-10-18(15-5-3-2-4-6-15)28-23(17)32-22(21)24(29)31/h2-11,13H,12H2,1H3,(H,27,30). The number of carbonyl (C=O) groups excluding carboxylic acids is 1. The number of benzene rings is 2. The molecule has 0 aliphatic heterocycles. The van der Waals surface area contributed by atoms with Crippen molar-refractivity contribution in [3.05, 3.63) is 87.9 Å². The first kappa shape index (κ1) is 20.4. The van der Waals surface area contributed by atoms with Crippen LogP contribution in [0.3, 0.4) is 0 Å². The second-order valence-electron chi connectivity index (χ2n) is 7.38. The lowest BCUT2D eigenvalue weighted by Gasteiger charge is -2.10. The molecule has 0 aliphatic rings. The molecule has 5 aromatic rings. The number of fused-ring (bicyclic) bond motifs is 3. The van der Waals surface area contributed by atoms with E-state index in [-0.39, 0.29) is 18.0 Å². The SMILES string of the molecule is Cc1ccc(Cl)cc1NC(=O)Cn1cnc2c(sc3nc(-c4ccccc4)ccc32)c1=O. The minimum atomic E-state index is -0.329. The van der Waals surface area contributed by atoms with Crippen LogP contribution >= 0.6 is 22.9 Å². The Bertz CT molecular complexity index is 1540. The first-order valence-corrected chi connectivity index (χ1v) is 11.1. The Morgan fingerprint density at radius 2 is 1.94 bits per heavy atom. The lowest BCUT2D eigenvalue weighted by atomic mass is 10.1. The first-order valence-electron chi connectivity index (χ1n) is 9.90. The van der Waals surface area contributed by atoms with Gasteiger partial charge in [0, 0.05) is 21.7 Å². The number of thiophene rings is 1. The highest BCUT2D eigenvalue weighted by Crippen LogP contribution is 2.31. The van der Waals surface area contributed by atoms with E-state index in [9.17, 15) is 9.59 Å². The molecule has 6 nitrogen and oxygen atoms in total. The molecule has 32 heavy (non-hydrogen) atoms. The number of pyridine rings is 1. The van der Waals surface area contributed by atoms with Crippen LogP contribution in [0, 0.1) is 6.92 Å². The molecule has 0 saturated heterocycles. The summed E-state index contributed by atoms with van der Waals surface area (Å²) in [5.74, 6) is -0.329. The zero-order valence-corrected chi connectivity index (χ0v) is 18.6. The Morgan fingerprint density at radius 1 is 1.12 bits per heavy atom. The van der Waals surface area contributed by atoms with E-state index < -0.39 is 0 Å². The van der Waals surface area contributed by atoms with Gasteiger partial charge < -0.3 is 5.32 Å². The number of rotatable bonds is 4. The van der Waals surface area contributed by atoms with Gasteiger partial charge in [-0.2, -0.15) is 0 Å². The maximum Gasteiger partial charge on any atom is 0.271 e. The topological polar surface area (TPSA) is 76.9 Å². The van der Waals surface area contributed by atoms with Crippen molar-refractivity contribution in [3.63, 3.8) is 0 Å². The minimum absolute atomic E-state index is 0.148. The van der Waals surface area contributed by atoms with E-state index in [1.54, 1.807) is 12.1 Å². The minimum Gasteiger partial charge on any atom is -0.324 e. The molecule has 8 heteroatoms. The summed E-state index contributed by atoms with van der Waals surface area (Å²) in [4.78, 5) is 35.5. The number of hydrogen-bond donors (Lipinski definition) is 1. The molecule has 0 radical (unpaired) electrons. The molecule has 0 saturated carbocycles. The Balaban J connectivity index is 1.48. The number of aromatic nitrogens is 3. The van der Waals surface area contributed by atoms with Gasteiger partial charge in [-0.15, -0.1) is 11.3 Å². The molecule has 0 fully saturated rings. The fourth-order valence-corrected chi connectivity index (χ4v) is 4.75. The molecule has 2 aromatic carbocycles. The highest BCUT2D eigenvalue weighted by molar-refractivity contribution is 7.25. The van der Waals surface area contributed by atoms with Gasteiger partial charge in [-0.3, -0.25) is 14.2 Å². The van der Waals surface area contributed by atoms with Crippen LogP contribution in [0.5, 0.6) is 0 Å². The van der Waals surface area contributed by atoms with Gasteiger partial charge in [0.1, 0.15) is 16.1 Å². The van der Waals surface area contributed by atoms with E-state index in [2.05, 4.69) is 10.3 Å². The number of nitrogens with zero attached hydrogens (tertiary/aromatic N) is 3. The van der Waals surface area contributed by atoms with Gasteiger partial charge in [-0.1, -0.05) is 48.0 Å². The number of aryl methyl sites for hydroxylation is 1. The molecule has 3 heterocycles. The van der Waals surface area contributed by atoms with Crippen LogP contribution in [0.2, 0.25) is 5.02 Å². The molecule has 0 unspecified atom stereocenters. The Kier molecular flexibility index (Phi) is 5.20. The Morgan fingerprint density at radius 3 is 2.75 bits per heavy atom. The molecular formula is C24H17ClN4O2S. The number of hydrogen-bond acceptors (Lipinski definition) is 5.